The Morgan fingerprint density at radius 1 is 1.09 bits per heavy atom. The molecule has 0 unspecified atom stereocenters. The molecule has 1 amide bonds. The molecule has 8 nitrogen and oxygen atoms in total. The first kappa shape index (κ1) is 23.6. The average molecular weight is 461 g/mol. The number of anilines is 1. The van der Waals surface area contributed by atoms with Crippen molar-refractivity contribution in [3.8, 4) is 11.4 Å². The minimum atomic E-state index is -3.81. The van der Waals surface area contributed by atoms with Crippen LogP contribution in [0.2, 0.25) is 0 Å². The number of amides is 1. The van der Waals surface area contributed by atoms with E-state index in [0.717, 1.165) is 0 Å². The fourth-order valence-electron chi connectivity index (χ4n) is 2.95. The molecule has 170 valence electrons. The molecule has 1 aromatic heterocycles. The number of aromatic nitrogens is 2. The summed E-state index contributed by atoms with van der Waals surface area (Å²) >= 11 is 0. The van der Waals surface area contributed by atoms with Crippen molar-refractivity contribution < 1.29 is 22.1 Å². The lowest BCUT2D eigenvalue weighted by Crippen LogP contribution is -2.40. The molecule has 0 aliphatic heterocycles. The molecule has 2 N–H and O–H groups in total. The summed E-state index contributed by atoms with van der Waals surface area (Å²) in [4.78, 5) is 16.7. The van der Waals surface area contributed by atoms with Gasteiger partial charge in [-0.25, -0.2) is 17.5 Å². The summed E-state index contributed by atoms with van der Waals surface area (Å²) in [6, 6.07) is 12.0. The van der Waals surface area contributed by atoms with Crippen molar-refractivity contribution in [2.75, 3.05) is 5.32 Å². The second-order valence-corrected chi connectivity index (χ2v) is 9.92. The molecule has 0 fully saturated rings. The summed E-state index contributed by atoms with van der Waals surface area (Å²) in [5, 5.41) is 6.53. The lowest BCUT2D eigenvalue weighted by atomic mass is 10.1. The van der Waals surface area contributed by atoms with Gasteiger partial charge >= 0.3 is 0 Å². The van der Waals surface area contributed by atoms with Gasteiger partial charge in [0.1, 0.15) is 10.7 Å². The molecule has 0 saturated heterocycles. The molecule has 3 rings (SSSR count). The molecule has 10 heteroatoms. The van der Waals surface area contributed by atoms with Crippen LogP contribution >= 0.6 is 0 Å². The second-order valence-electron chi connectivity index (χ2n) is 8.27. The number of nitrogens with zero attached hydrogens (tertiary/aromatic N) is 2. The van der Waals surface area contributed by atoms with Gasteiger partial charge < -0.3 is 9.84 Å². The van der Waals surface area contributed by atoms with E-state index in [-0.39, 0.29) is 28.7 Å². The minimum Gasteiger partial charge on any atom is -0.339 e. The van der Waals surface area contributed by atoms with Crippen LogP contribution in [0.4, 0.5) is 10.1 Å². The highest BCUT2D eigenvalue weighted by Crippen LogP contribution is 2.23. The van der Waals surface area contributed by atoms with Crippen LogP contribution in [0.1, 0.15) is 39.5 Å². The van der Waals surface area contributed by atoms with E-state index in [0.29, 0.717) is 30.1 Å². The standard InChI is InChI=1S/C22H25FN4O4S/c1-22(2,3)27-32(29,30)18-8-5-4-7-17(18)24-19(28)9-6-10-20-25-21(26-31-20)15-11-13-16(23)14-12-15/h4-5,7-8,11-14,27H,6,9-10H2,1-3H3,(H,24,28). The Morgan fingerprint density at radius 3 is 2.47 bits per heavy atom. The van der Waals surface area contributed by atoms with Gasteiger partial charge in [0.05, 0.1) is 5.69 Å². The molecule has 0 atom stereocenters. The maximum absolute atomic E-state index is 13.0. The zero-order valence-corrected chi connectivity index (χ0v) is 18.9. The molecule has 0 radical (unpaired) electrons. The second kappa shape index (κ2) is 9.58. The van der Waals surface area contributed by atoms with E-state index in [1.165, 1.54) is 18.2 Å². The van der Waals surface area contributed by atoms with Crippen LogP contribution in [0, 0.1) is 5.82 Å². The van der Waals surface area contributed by atoms with Crippen LogP contribution in [-0.2, 0) is 21.2 Å². The Labute approximate surface area is 186 Å². The minimum absolute atomic E-state index is 0.00381. The summed E-state index contributed by atoms with van der Waals surface area (Å²) in [7, 11) is -3.81. The quantitative estimate of drug-likeness (QED) is 0.527. The Bertz CT molecular complexity index is 1190. The summed E-state index contributed by atoms with van der Waals surface area (Å²) in [5.74, 6) is 0.0122. The molecule has 0 aliphatic carbocycles. The Balaban J connectivity index is 1.58. The van der Waals surface area contributed by atoms with Gasteiger partial charge in [-0.15, -0.1) is 0 Å². The van der Waals surface area contributed by atoms with Gasteiger partial charge in [0.15, 0.2) is 0 Å². The van der Waals surface area contributed by atoms with Crippen LogP contribution in [0.3, 0.4) is 0 Å². The monoisotopic (exact) mass is 460 g/mol. The van der Waals surface area contributed by atoms with Crippen LogP contribution < -0.4 is 10.0 Å². The lowest BCUT2D eigenvalue weighted by Gasteiger charge is -2.21. The molecule has 0 spiro atoms. The molecule has 0 bridgehead atoms. The Morgan fingerprint density at radius 2 is 1.78 bits per heavy atom. The predicted molar refractivity (Wildman–Crippen MR) is 118 cm³/mol. The number of para-hydroxylation sites is 1. The number of benzene rings is 2. The summed E-state index contributed by atoms with van der Waals surface area (Å²) in [5.41, 5.74) is 0.179. The van der Waals surface area contributed by atoms with Crippen LogP contribution in [0.15, 0.2) is 57.9 Å². The molecule has 0 aliphatic rings. The van der Waals surface area contributed by atoms with Crippen molar-refractivity contribution in [2.24, 2.45) is 0 Å². The van der Waals surface area contributed by atoms with E-state index in [1.807, 2.05) is 0 Å². The van der Waals surface area contributed by atoms with Crippen molar-refractivity contribution in [3.63, 3.8) is 0 Å². The largest absolute Gasteiger partial charge is 0.339 e. The fourth-order valence-corrected chi connectivity index (χ4v) is 4.53. The highest BCUT2D eigenvalue weighted by molar-refractivity contribution is 7.89. The third-order valence-electron chi connectivity index (χ3n) is 4.26. The van der Waals surface area contributed by atoms with E-state index >= 15 is 0 Å². The number of sulfonamides is 1. The van der Waals surface area contributed by atoms with Crippen molar-refractivity contribution in [1.82, 2.24) is 14.9 Å². The van der Waals surface area contributed by atoms with E-state index < -0.39 is 15.6 Å². The molecule has 1 heterocycles. The number of carbonyl (C=O) groups excluding carboxylic acids is 1. The van der Waals surface area contributed by atoms with Gasteiger partial charge in [0.2, 0.25) is 27.6 Å². The lowest BCUT2D eigenvalue weighted by molar-refractivity contribution is -0.116. The van der Waals surface area contributed by atoms with E-state index in [1.54, 1.807) is 51.1 Å². The van der Waals surface area contributed by atoms with Crippen LogP contribution in [0.5, 0.6) is 0 Å². The number of nitrogens with one attached hydrogen (secondary N) is 2. The number of carbonyl (C=O) groups is 1. The normalized spacial score (nSPS) is 12.0. The topological polar surface area (TPSA) is 114 Å². The molecule has 0 saturated carbocycles. The summed E-state index contributed by atoms with van der Waals surface area (Å²) < 4.78 is 46.1. The van der Waals surface area contributed by atoms with Crippen molar-refractivity contribution in [1.29, 1.82) is 0 Å². The van der Waals surface area contributed by atoms with Gasteiger partial charge in [-0.1, -0.05) is 17.3 Å². The molecule has 32 heavy (non-hydrogen) atoms. The summed E-state index contributed by atoms with van der Waals surface area (Å²) in [6.07, 6.45) is 0.925. The first-order valence-electron chi connectivity index (χ1n) is 10.0. The average Bonchev–Trinajstić information content (AvgIpc) is 3.16. The van der Waals surface area contributed by atoms with E-state index in [4.69, 9.17) is 4.52 Å². The predicted octanol–water partition coefficient (Wildman–Crippen LogP) is 3.91. The molecular weight excluding hydrogens is 435 g/mol. The SMILES string of the molecule is CC(C)(C)NS(=O)(=O)c1ccccc1NC(=O)CCCc1nc(-c2ccc(F)cc2)no1. The van der Waals surface area contributed by atoms with Gasteiger partial charge in [-0.3, -0.25) is 4.79 Å². The van der Waals surface area contributed by atoms with Gasteiger partial charge in [0.25, 0.3) is 0 Å². The van der Waals surface area contributed by atoms with Crippen molar-refractivity contribution in [2.45, 2.75) is 50.5 Å². The Kier molecular flexibility index (Phi) is 7.05. The van der Waals surface area contributed by atoms with E-state index in [2.05, 4.69) is 20.2 Å². The number of aryl methyl sites for hydroxylation is 1. The zero-order valence-electron chi connectivity index (χ0n) is 18.1. The van der Waals surface area contributed by atoms with E-state index in [9.17, 15) is 17.6 Å². The first-order chi connectivity index (χ1) is 15.0. The molecule has 2 aromatic carbocycles. The zero-order chi connectivity index (χ0) is 23.4. The van der Waals surface area contributed by atoms with Crippen LogP contribution in [-0.4, -0.2) is 30.0 Å². The fraction of sp³-hybridized carbons (Fsp3) is 0.318. The maximum Gasteiger partial charge on any atom is 0.243 e. The Hall–Kier alpha value is -3.11. The molecule has 3 aromatic rings. The van der Waals surface area contributed by atoms with Crippen LogP contribution in [0.25, 0.3) is 11.4 Å². The third-order valence-corrected chi connectivity index (χ3v) is 6.07. The number of rotatable bonds is 8. The summed E-state index contributed by atoms with van der Waals surface area (Å²) in [6.45, 7) is 5.22. The van der Waals surface area contributed by atoms with Gasteiger partial charge in [-0.2, -0.15) is 4.98 Å². The van der Waals surface area contributed by atoms with Crippen molar-refractivity contribution >= 4 is 21.6 Å². The smallest absolute Gasteiger partial charge is 0.243 e. The molecular formula is C22H25FN4O4S. The first-order valence-corrected chi connectivity index (χ1v) is 11.5. The van der Waals surface area contributed by atoms with Crippen molar-refractivity contribution in [3.05, 3.63) is 60.2 Å². The van der Waals surface area contributed by atoms with Gasteiger partial charge in [-0.05, 0) is 63.6 Å². The highest BCUT2D eigenvalue weighted by atomic mass is 32.2. The number of halogens is 1. The highest BCUT2D eigenvalue weighted by Gasteiger charge is 2.25. The third kappa shape index (κ3) is 6.44. The van der Waals surface area contributed by atoms with Gasteiger partial charge in [0, 0.05) is 23.9 Å². The number of hydrogen-bond acceptors (Lipinski definition) is 6. The maximum atomic E-state index is 13.0. The number of hydrogen-bond donors (Lipinski definition) is 2.